The number of methoxy groups -OCH3 is 1. The minimum atomic E-state index is -0.408. The number of rotatable bonds is 2. The molecule has 0 saturated heterocycles. The van der Waals surface area contributed by atoms with Gasteiger partial charge in [-0.25, -0.2) is 4.79 Å². The number of hydrogen-bond acceptors (Lipinski definition) is 3. The Bertz CT molecular complexity index is 438. The summed E-state index contributed by atoms with van der Waals surface area (Å²) in [6, 6.07) is 5.21. The molecule has 0 N–H and O–H groups in total. The van der Waals surface area contributed by atoms with Gasteiger partial charge in [0, 0.05) is 9.80 Å². The number of carbonyl (C=O) groups is 1. The lowest BCUT2D eigenvalue weighted by atomic mass is 10.1. The van der Waals surface area contributed by atoms with Crippen LogP contribution in [0.5, 0.6) is 0 Å². The van der Waals surface area contributed by atoms with E-state index in [-0.39, 0.29) is 0 Å². The number of halogens is 2. The Hall–Kier alpha value is -0.860. The van der Waals surface area contributed by atoms with Gasteiger partial charge >= 0.3 is 5.97 Å². The Morgan fingerprint density at radius 2 is 2.27 bits per heavy atom. The average molecular weight is 333 g/mol. The Morgan fingerprint density at radius 3 is 2.73 bits per heavy atom. The first-order valence-electron chi connectivity index (χ1n) is 4.01. The summed E-state index contributed by atoms with van der Waals surface area (Å²) >= 11 is 6.56. The second kappa shape index (κ2) is 5.29. The lowest BCUT2D eigenvalue weighted by Gasteiger charge is -2.08. The molecule has 5 heteroatoms. The zero-order valence-corrected chi connectivity index (χ0v) is 11.1. The minimum Gasteiger partial charge on any atom is -0.465 e. The first kappa shape index (κ1) is 12.2. The Kier molecular flexibility index (Phi) is 4.30. The van der Waals surface area contributed by atoms with E-state index in [1.54, 1.807) is 12.1 Å². The largest absolute Gasteiger partial charge is 0.465 e. The van der Waals surface area contributed by atoms with Crippen LogP contribution < -0.4 is 0 Å². The van der Waals surface area contributed by atoms with E-state index in [0.717, 1.165) is 5.56 Å². The average Bonchev–Trinajstić information content (AvgIpc) is 2.27. The first-order chi connectivity index (χ1) is 7.15. The van der Waals surface area contributed by atoms with Crippen molar-refractivity contribution in [2.24, 2.45) is 0 Å². The van der Waals surface area contributed by atoms with Gasteiger partial charge in [0.1, 0.15) is 6.07 Å². The van der Waals surface area contributed by atoms with E-state index in [2.05, 4.69) is 36.6 Å². The topological polar surface area (TPSA) is 50.1 Å². The van der Waals surface area contributed by atoms with Crippen molar-refractivity contribution >= 4 is 37.8 Å². The molecule has 0 heterocycles. The molecule has 0 aromatic heterocycles. The van der Waals surface area contributed by atoms with Crippen molar-refractivity contribution in [1.29, 1.82) is 5.26 Å². The third-order valence-corrected chi connectivity index (χ3v) is 3.37. The van der Waals surface area contributed by atoms with Crippen LogP contribution in [0, 0.1) is 11.3 Å². The zero-order chi connectivity index (χ0) is 11.4. The third kappa shape index (κ3) is 2.39. The molecule has 3 nitrogen and oxygen atoms in total. The Labute approximate surface area is 104 Å². The molecular weight excluding hydrogens is 326 g/mol. The summed E-state index contributed by atoms with van der Waals surface area (Å²) in [5.41, 5.74) is 1.68. The lowest BCUT2D eigenvalue weighted by molar-refractivity contribution is 0.0599. The molecule has 0 atom stereocenters. The summed E-state index contributed by atoms with van der Waals surface area (Å²) in [7, 11) is 1.33. The van der Waals surface area contributed by atoms with Gasteiger partial charge < -0.3 is 4.74 Å². The fourth-order valence-corrected chi connectivity index (χ4v) is 2.67. The highest BCUT2D eigenvalue weighted by molar-refractivity contribution is 9.10. The summed E-state index contributed by atoms with van der Waals surface area (Å²) in [5, 5.41) is 9.29. The van der Waals surface area contributed by atoms with E-state index in [1.807, 2.05) is 6.07 Å². The van der Waals surface area contributed by atoms with Crippen molar-refractivity contribution in [1.82, 2.24) is 0 Å². The molecule has 0 aliphatic carbocycles. The molecule has 1 rings (SSSR count). The van der Waals surface area contributed by atoms with E-state index in [0.29, 0.717) is 20.9 Å². The molecule has 0 aliphatic heterocycles. The van der Waals surface area contributed by atoms with Gasteiger partial charge in [-0.1, -0.05) is 15.9 Å². The van der Waals surface area contributed by atoms with Crippen LogP contribution in [0.25, 0.3) is 0 Å². The number of ether oxygens (including phenoxy) is 1. The van der Waals surface area contributed by atoms with Crippen molar-refractivity contribution in [3.63, 3.8) is 0 Å². The standard InChI is InChI=1S/C10H7Br2NO2/c1-15-10(14)7-3-2-6(5-13)9(12)8(7)4-11/h2-3H,4H2,1H3. The maximum atomic E-state index is 11.4. The minimum absolute atomic E-state index is 0.408. The van der Waals surface area contributed by atoms with Crippen molar-refractivity contribution in [3.05, 3.63) is 33.3 Å². The molecule has 78 valence electrons. The Morgan fingerprint density at radius 1 is 1.60 bits per heavy atom. The van der Waals surface area contributed by atoms with E-state index in [4.69, 9.17) is 5.26 Å². The highest BCUT2D eigenvalue weighted by Gasteiger charge is 2.16. The fourth-order valence-electron chi connectivity index (χ4n) is 1.14. The number of nitrogens with zero attached hydrogens (tertiary/aromatic N) is 1. The smallest absolute Gasteiger partial charge is 0.338 e. The first-order valence-corrected chi connectivity index (χ1v) is 5.93. The van der Waals surface area contributed by atoms with Gasteiger partial charge in [0.05, 0.1) is 18.2 Å². The predicted molar refractivity (Wildman–Crippen MR) is 62.8 cm³/mol. The van der Waals surface area contributed by atoms with Gasteiger partial charge in [0.25, 0.3) is 0 Å². The van der Waals surface area contributed by atoms with Crippen LogP contribution in [0.1, 0.15) is 21.5 Å². The van der Waals surface area contributed by atoms with E-state index in [1.165, 1.54) is 7.11 Å². The van der Waals surface area contributed by atoms with Crippen LogP contribution in [0.2, 0.25) is 0 Å². The highest BCUT2D eigenvalue weighted by atomic mass is 79.9. The van der Waals surface area contributed by atoms with Gasteiger partial charge in [-0.05, 0) is 33.6 Å². The number of nitriles is 1. The van der Waals surface area contributed by atoms with Crippen molar-refractivity contribution in [2.45, 2.75) is 5.33 Å². The molecule has 0 radical (unpaired) electrons. The summed E-state index contributed by atoms with van der Waals surface area (Å²) < 4.78 is 5.27. The molecule has 0 spiro atoms. The van der Waals surface area contributed by atoms with Crippen LogP contribution in [0.15, 0.2) is 16.6 Å². The van der Waals surface area contributed by atoms with E-state index >= 15 is 0 Å². The molecular formula is C10H7Br2NO2. The van der Waals surface area contributed by atoms with Crippen LogP contribution in [-0.2, 0) is 10.1 Å². The SMILES string of the molecule is COC(=O)c1ccc(C#N)c(Br)c1CBr. The number of benzene rings is 1. The van der Waals surface area contributed by atoms with Gasteiger partial charge in [-0.3, -0.25) is 0 Å². The van der Waals surface area contributed by atoms with Crippen LogP contribution >= 0.6 is 31.9 Å². The van der Waals surface area contributed by atoms with Crippen molar-refractivity contribution in [2.75, 3.05) is 7.11 Å². The maximum absolute atomic E-state index is 11.4. The molecule has 0 unspecified atom stereocenters. The lowest BCUT2D eigenvalue weighted by Crippen LogP contribution is -2.06. The summed E-state index contributed by atoms with van der Waals surface area (Å²) in [6.45, 7) is 0. The predicted octanol–water partition coefficient (Wildman–Crippen LogP) is 3.00. The fraction of sp³-hybridized carbons (Fsp3) is 0.200. The summed E-state index contributed by atoms with van der Waals surface area (Å²) in [5.74, 6) is -0.408. The van der Waals surface area contributed by atoms with E-state index in [9.17, 15) is 4.79 Å². The monoisotopic (exact) mass is 331 g/mol. The number of alkyl halides is 1. The van der Waals surface area contributed by atoms with Crippen LogP contribution in [0.4, 0.5) is 0 Å². The molecule has 0 saturated carbocycles. The second-order valence-electron chi connectivity index (χ2n) is 2.69. The summed E-state index contributed by atoms with van der Waals surface area (Å²) in [6.07, 6.45) is 0. The number of carbonyl (C=O) groups excluding carboxylic acids is 1. The quantitative estimate of drug-likeness (QED) is 0.618. The number of hydrogen-bond donors (Lipinski definition) is 0. The zero-order valence-electron chi connectivity index (χ0n) is 7.88. The Balaban J connectivity index is 3.39. The van der Waals surface area contributed by atoms with Crippen molar-refractivity contribution in [3.8, 4) is 6.07 Å². The molecule has 1 aromatic rings. The number of esters is 1. The van der Waals surface area contributed by atoms with Gasteiger partial charge in [-0.15, -0.1) is 0 Å². The third-order valence-electron chi connectivity index (χ3n) is 1.90. The second-order valence-corrected chi connectivity index (χ2v) is 4.04. The van der Waals surface area contributed by atoms with E-state index < -0.39 is 5.97 Å². The molecule has 1 aromatic carbocycles. The van der Waals surface area contributed by atoms with Gasteiger partial charge in [0.15, 0.2) is 0 Å². The molecule has 0 bridgehead atoms. The van der Waals surface area contributed by atoms with Gasteiger partial charge in [0.2, 0.25) is 0 Å². The maximum Gasteiger partial charge on any atom is 0.338 e. The van der Waals surface area contributed by atoms with Crippen LogP contribution in [0.3, 0.4) is 0 Å². The normalized spacial score (nSPS) is 9.47. The summed E-state index contributed by atoms with van der Waals surface area (Å²) in [4.78, 5) is 11.4. The molecule has 15 heavy (non-hydrogen) atoms. The highest BCUT2D eigenvalue weighted by Crippen LogP contribution is 2.27. The van der Waals surface area contributed by atoms with Crippen molar-refractivity contribution < 1.29 is 9.53 Å². The van der Waals surface area contributed by atoms with Gasteiger partial charge in [-0.2, -0.15) is 5.26 Å². The van der Waals surface area contributed by atoms with Crippen LogP contribution in [-0.4, -0.2) is 13.1 Å². The molecule has 0 aliphatic rings. The molecule has 0 fully saturated rings. The molecule has 0 amide bonds.